The van der Waals surface area contributed by atoms with E-state index in [1.54, 1.807) is 17.5 Å². The number of hydrogen-bond donors (Lipinski definition) is 2. The van der Waals surface area contributed by atoms with Crippen LogP contribution in [0, 0.1) is 6.92 Å². The standard InChI is InChI=1S/C29H30F2N6O2S/c1-18-12-19(9-10-32-18)26-23-13-20(4-2-6-24(23)34-35-26)27(38)33-21-7-8-25(28(39)37-16-29(30,31)17-37)36(14-21)15-22-5-3-11-40-22/h2-3,5-6,9-13,21,25H,4,7-8,14-17H2,1H3,(H,33,38)(H,34,35). The van der Waals surface area contributed by atoms with Gasteiger partial charge in [0.15, 0.2) is 0 Å². The minimum atomic E-state index is -2.80. The number of aromatic amines is 1. The zero-order valence-electron chi connectivity index (χ0n) is 22.1. The van der Waals surface area contributed by atoms with Crippen molar-refractivity contribution in [3.05, 3.63) is 69.3 Å². The Morgan fingerprint density at radius 1 is 1.25 bits per heavy atom. The van der Waals surface area contributed by atoms with E-state index in [1.165, 1.54) is 4.90 Å². The number of piperidine rings is 1. The molecule has 0 spiro atoms. The second-order valence-electron chi connectivity index (χ2n) is 10.7. The lowest BCUT2D eigenvalue weighted by molar-refractivity contribution is -0.172. The molecular weight excluding hydrogens is 534 g/mol. The number of aromatic nitrogens is 3. The van der Waals surface area contributed by atoms with Gasteiger partial charge < -0.3 is 10.2 Å². The first kappa shape index (κ1) is 26.5. The Bertz CT molecular complexity index is 1470. The number of aryl methyl sites for hydroxylation is 1. The molecule has 1 aliphatic carbocycles. The molecule has 8 nitrogen and oxygen atoms in total. The summed E-state index contributed by atoms with van der Waals surface area (Å²) in [5.74, 6) is -3.22. The van der Waals surface area contributed by atoms with Gasteiger partial charge in [0.05, 0.1) is 24.8 Å². The summed E-state index contributed by atoms with van der Waals surface area (Å²) in [6.07, 6.45) is 9.07. The van der Waals surface area contributed by atoms with Crippen molar-refractivity contribution in [2.24, 2.45) is 0 Å². The number of nitrogens with one attached hydrogen (secondary N) is 2. The van der Waals surface area contributed by atoms with Crippen molar-refractivity contribution in [3.63, 3.8) is 0 Å². The molecule has 2 amide bonds. The molecule has 0 radical (unpaired) electrons. The molecule has 6 rings (SSSR count). The minimum Gasteiger partial charge on any atom is -0.348 e. The first-order chi connectivity index (χ1) is 19.3. The van der Waals surface area contributed by atoms with Gasteiger partial charge in [0, 0.05) is 52.6 Å². The molecule has 0 aromatic carbocycles. The Morgan fingerprint density at radius 3 is 2.85 bits per heavy atom. The summed E-state index contributed by atoms with van der Waals surface area (Å²) < 4.78 is 26.9. The van der Waals surface area contributed by atoms with Crippen LogP contribution in [0.25, 0.3) is 23.4 Å². The third-order valence-electron chi connectivity index (χ3n) is 7.64. The number of hydrogen-bond acceptors (Lipinski definition) is 6. The smallest absolute Gasteiger partial charge is 0.282 e. The number of thiophene rings is 1. The normalized spacial score (nSPS) is 22.2. The van der Waals surface area contributed by atoms with E-state index < -0.39 is 25.1 Å². The van der Waals surface area contributed by atoms with Gasteiger partial charge in [0.25, 0.3) is 5.92 Å². The van der Waals surface area contributed by atoms with Crippen LogP contribution < -0.4 is 5.32 Å². The van der Waals surface area contributed by atoms with Crippen molar-refractivity contribution < 1.29 is 18.4 Å². The lowest BCUT2D eigenvalue weighted by Crippen LogP contribution is -2.64. The quantitative estimate of drug-likeness (QED) is 0.467. The first-order valence-corrected chi connectivity index (χ1v) is 14.3. The maximum Gasteiger partial charge on any atom is 0.282 e. The zero-order valence-corrected chi connectivity index (χ0v) is 22.9. The van der Waals surface area contributed by atoms with Crippen LogP contribution in [0.1, 0.15) is 41.1 Å². The fourth-order valence-corrected chi connectivity index (χ4v) is 6.35. The molecule has 0 bridgehead atoms. The SMILES string of the molecule is Cc1cc(-c2n[nH]c3c2C=C(C(=O)NC2CCC(C(=O)N4CC(F)(F)C4)N(Cc4cccs4)C2)CC=C3)ccn1. The molecule has 40 heavy (non-hydrogen) atoms. The maximum absolute atomic E-state index is 13.5. The predicted molar refractivity (Wildman–Crippen MR) is 149 cm³/mol. The van der Waals surface area contributed by atoms with E-state index in [2.05, 4.69) is 20.5 Å². The summed E-state index contributed by atoms with van der Waals surface area (Å²) >= 11 is 1.59. The maximum atomic E-state index is 13.5. The van der Waals surface area contributed by atoms with Crippen LogP contribution in [0.2, 0.25) is 0 Å². The third-order valence-corrected chi connectivity index (χ3v) is 8.50. The van der Waals surface area contributed by atoms with Crippen molar-refractivity contribution in [2.75, 3.05) is 19.6 Å². The number of amides is 2. The van der Waals surface area contributed by atoms with Crippen molar-refractivity contribution >= 4 is 35.3 Å². The van der Waals surface area contributed by atoms with E-state index >= 15 is 0 Å². The highest BCUT2D eigenvalue weighted by atomic mass is 32.1. The van der Waals surface area contributed by atoms with E-state index in [9.17, 15) is 18.4 Å². The monoisotopic (exact) mass is 564 g/mol. The molecule has 2 aliphatic heterocycles. The minimum absolute atomic E-state index is 0.163. The number of rotatable bonds is 6. The van der Waals surface area contributed by atoms with E-state index in [0.29, 0.717) is 37.9 Å². The third kappa shape index (κ3) is 5.48. The number of halogens is 2. The Morgan fingerprint density at radius 2 is 2.10 bits per heavy atom. The van der Waals surface area contributed by atoms with Gasteiger partial charge in [-0.25, -0.2) is 8.78 Å². The fourth-order valence-electron chi connectivity index (χ4n) is 5.62. The summed E-state index contributed by atoms with van der Waals surface area (Å²) in [5.41, 5.74) is 4.87. The highest BCUT2D eigenvalue weighted by Gasteiger charge is 2.49. The van der Waals surface area contributed by atoms with Crippen molar-refractivity contribution in [1.82, 2.24) is 30.3 Å². The highest BCUT2D eigenvalue weighted by Crippen LogP contribution is 2.32. The molecule has 2 N–H and O–H groups in total. The summed E-state index contributed by atoms with van der Waals surface area (Å²) in [7, 11) is 0. The van der Waals surface area contributed by atoms with E-state index in [4.69, 9.17) is 0 Å². The second-order valence-corrected chi connectivity index (χ2v) is 11.7. The van der Waals surface area contributed by atoms with Gasteiger partial charge in [0.2, 0.25) is 11.8 Å². The molecule has 3 aromatic rings. The number of carbonyl (C=O) groups is 2. The molecule has 0 saturated carbocycles. The number of H-pyrrole nitrogens is 1. The molecule has 5 heterocycles. The van der Waals surface area contributed by atoms with Crippen LogP contribution in [0.5, 0.6) is 0 Å². The Kier molecular flexibility index (Phi) is 7.09. The van der Waals surface area contributed by atoms with Crippen LogP contribution in [-0.4, -0.2) is 74.4 Å². The molecule has 2 unspecified atom stereocenters. The van der Waals surface area contributed by atoms with E-state index in [0.717, 1.165) is 33.1 Å². The Labute approximate surface area is 234 Å². The molecule has 208 valence electrons. The van der Waals surface area contributed by atoms with Crippen molar-refractivity contribution in [2.45, 2.75) is 50.7 Å². The topological polar surface area (TPSA) is 94.2 Å². The lowest BCUT2D eigenvalue weighted by atomic mass is 9.95. The van der Waals surface area contributed by atoms with Gasteiger partial charge in [-0.3, -0.25) is 24.6 Å². The fraction of sp³-hybridized carbons (Fsp3) is 0.379. The van der Waals surface area contributed by atoms with Crippen LogP contribution >= 0.6 is 11.3 Å². The van der Waals surface area contributed by atoms with Crippen LogP contribution in [0.3, 0.4) is 0 Å². The van der Waals surface area contributed by atoms with E-state index in [-0.39, 0.29) is 17.9 Å². The predicted octanol–water partition coefficient (Wildman–Crippen LogP) is 4.27. The van der Waals surface area contributed by atoms with Gasteiger partial charge in [-0.1, -0.05) is 12.1 Å². The number of pyridine rings is 1. The summed E-state index contributed by atoms with van der Waals surface area (Å²) in [4.78, 5) is 35.2. The summed E-state index contributed by atoms with van der Waals surface area (Å²) in [5, 5.41) is 12.7. The van der Waals surface area contributed by atoms with Gasteiger partial charge in [0.1, 0.15) is 5.69 Å². The molecular formula is C29H30F2N6O2S. The average Bonchev–Trinajstić information content (AvgIpc) is 3.51. The number of likely N-dealkylation sites (tertiary alicyclic amines) is 2. The van der Waals surface area contributed by atoms with Crippen molar-refractivity contribution in [1.29, 1.82) is 0 Å². The Hall–Kier alpha value is -3.70. The Balaban J connectivity index is 1.18. The number of fused-ring (bicyclic) bond motifs is 1. The number of carbonyl (C=O) groups excluding carboxylic acids is 2. The number of allylic oxidation sites excluding steroid dienone is 1. The lowest BCUT2D eigenvalue weighted by Gasteiger charge is -2.45. The molecule has 3 aliphatic rings. The first-order valence-electron chi connectivity index (χ1n) is 13.4. The van der Waals surface area contributed by atoms with Crippen LogP contribution in [-0.2, 0) is 16.1 Å². The molecule has 2 saturated heterocycles. The molecule has 11 heteroatoms. The van der Waals surface area contributed by atoms with Crippen LogP contribution in [0.4, 0.5) is 8.78 Å². The summed E-state index contributed by atoms with van der Waals surface area (Å²) in [6.45, 7) is 1.88. The van der Waals surface area contributed by atoms with Gasteiger partial charge in [-0.15, -0.1) is 11.3 Å². The largest absolute Gasteiger partial charge is 0.348 e. The van der Waals surface area contributed by atoms with E-state index in [1.807, 2.05) is 59.7 Å². The summed E-state index contributed by atoms with van der Waals surface area (Å²) in [6, 6.07) is 7.16. The van der Waals surface area contributed by atoms with Crippen LogP contribution in [0.15, 0.2) is 47.5 Å². The number of nitrogens with zero attached hydrogens (tertiary/aromatic N) is 4. The van der Waals surface area contributed by atoms with Gasteiger partial charge in [-0.05, 0) is 61.9 Å². The van der Waals surface area contributed by atoms with Gasteiger partial charge >= 0.3 is 0 Å². The van der Waals surface area contributed by atoms with Gasteiger partial charge in [-0.2, -0.15) is 5.10 Å². The second kappa shape index (κ2) is 10.7. The molecule has 2 atom stereocenters. The average molecular weight is 565 g/mol. The molecule has 3 aromatic heterocycles. The van der Waals surface area contributed by atoms with Crippen molar-refractivity contribution in [3.8, 4) is 11.3 Å². The zero-order chi connectivity index (χ0) is 27.9. The highest BCUT2D eigenvalue weighted by molar-refractivity contribution is 7.09. The number of alkyl halides is 2. The molecule has 2 fully saturated rings.